The molecule has 3 N–H and O–H groups in total. The Morgan fingerprint density at radius 3 is 2.03 bits per heavy atom. The van der Waals surface area contributed by atoms with Gasteiger partial charge in [-0.25, -0.2) is 9.78 Å². The van der Waals surface area contributed by atoms with Gasteiger partial charge in [0.25, 0.3) is 0 Å². The predicted molar refractivity (Wildman–Crippen MR) is 141 cm³/mol. The fourth-order valence-electron chi connectivity index (χ4n) is 3.63. The van der Waals surface area contributed by atoms with Gasteiger partial charge in [0.2, 0.25) is 5.91 Å². The van der Waals surface area contributed by atoms with E-state index in [2.05, 4.69) is 72.7 Å². The van der Waals surface area contributed by atoms with E-state index in [1.807, 2.05) is 6.92 Å². The van der Waals surface area contributed by atoms with Gasteiger partial charge in [-0.15, -0.1) is 0 Å². The second-order valence-electron chi connectivity index (χ2n) is 8.38. The quantitative estimate of drug-likeness (QED) is 0.245. The zero-order valence-electron chi connectivity index (χ0n) is 19.8. The van der Waals surface area contributed by atoms with Crippen molar-refractivity contribution in [2.24, 2.45) is 0 Å². The average molecular weight is 486 g/mol. The molecular weight excluding hydrogens is 458 g/mol. The summed E-state index contributed by atoms with van der Waals surface area (Å²) in [7, 11) is 0. The number of benzene rings is 3. The number of thioether (sulfide) groups is 1. The summed E-state index contributed by atoms with van der Waals surface area (Å²) in [6, 6.07) is 22.7. The van der Waals surface area contributed by atoms with Crippen LogP contribution in [0.4, 0.5) is 5.69 Å². The van der Waals surface area contributed by atoms with Crippen LogP contribution in [0, 0.1) is 13.8 Å². The number of aryl methyl sites for hydroxylation is 2. The highest BCUT2D eigenvalue weighted by Crippen LogP contribution is 2.35. The second kappa shape index (κ2) is 10.6. The molecule has 4 rings (SSSR count). The van der Waals surface area contributed by atoms with Crippen LogP contribution in [0.1, 0.15) is 34.8 Å². The number of amides is 1. The summed E-state index contributed by atoms with van der Waals surface area (Å²) in [4.78, 5) is 32.4. The molecule has 0 saturated carbocycles. The van der Waals surface area contributed by atoms with Gasteiger partial charge in [-0.3, -0.25) is 4.79 Å². The van der Waals surface area contributed by atoms with Crippen molar-refractivity contribution in [2.45, 2.75) is 37.6 Å². The van der Waals surface area contributed by atoms with Gasteiger partial charge in [0.1, 0.15) is 0 Å². The fourth-order valence-corrected chi connectivity index (χ4v) is 4.54. The molecule has 6 nitrogen and oxygen atoms in total. The monoisotopic (exact) mass is 485 g/mol. The van der Waals surface area contributed by atoms with Crippen molar-refractivity contribution in [3.05, 3.63) is 89.5 Å². The molecule has 1 aromatic heterocycles. The van der Waals surface area contributed by atoms with E-state index in [1.54, 1.807) is 12.1 Å². The molecule has 35 heavy (non-hydrogen) atoms. The third-order valence-corrected chi connectivity index (χ3v) is 6.91. The number of aromatic carboxylic acids is 1. The van der Waals surface area contributed by atoms with Gasteiger partial charge in [-0.2, -0.15) is 0 Å². The summed E-state index contributed by atoms with van der Waals surface area (Å²) in [5, 5.41) is 12.2. The molecule has 0 aliphatic heterocycles. The Bertz CT molecular complexity index is 1260. The summed E-state index contributed by atoms with van der Waals surface area (Å²) in [5.41, 5.74) is 6.87. The summed E-state index contributed by atoms with van der Waals surface area (Å²) < 4.78 is 0. The Morgan fingerprint density at radius 1 is 0.914 bits per heavy atom. The van der Waals surface area contributed by atoms with Crippen LogP contribution in [-0.4, -0.2) is 32.2 Å². The molecular formula is C28H27N3O3S. The standard InChI is InChI=1S/C28H27N3O3S/c1-4-23(26(32)29-22-15-13-21(14-16-22)27(33)34)35-28-30-24(19-9-5-17(2)6-10-19)25(31-28)20-11-7-18(3)8-12-20/h5-16,23H,4H2,1-3H3,(H,29,32)(H,30,31)(H,33,34). The number of hydrogen-bond donors (Lipinski definition) is 3. The maximum absolute atomic E-state index is 13.0. The zero-order valence-corrected chi connectivity index (χ0v) is 20.6. The first kappa shape index (κ1) is 24.3. The van der Waals surface area contributed by atoms with Crippen molar-refractivity contribution >= 4 is 29.3 Å². The summed E-state index contributed by atoms with van der Waals surface area (Å²) in [6.45, 7) is 6.06. The average Bonchev–Trinajstić information content (AvgIpc) is 3.27. The SMILES string of the molecule is CCC(Sc1nc(-c2ccc(C)cc2)c(-c2ccc(C)cc2)[nH]1)C(=O)Nc1ccc(C(=O)O)cc1. The van der Waals surface area contributed by atoms with Gasteiger partial charge in [-0.1, -0.05) is 78.3 Å². The lowest BCUT2D eigenvalue weighted by molar-refractivity contribution is -0.115. The molecule has 0 radical (unpaired) electrons. The normalized spacial score (nSPS) is 11.7. The molecule has 1 amide bonds. The van der Waals surface area contributed by atoms with E-state index in [9.17, 15) is 9.59 Å². The van der Waals surface area contributed by atoms with Crippen LogP contribution >= 0.6 is 11.8 Å². The van der Waals surface area contributed by atoms with Crippen molar-refractivity contribution in [1.82, 2.24) is 9.97 Å². The first-order valence-electron chi connectivity index (χ1n) is 11.4. The number of hydrogen-bond acceptors (Lipinski definition) is 4. The minimum Gasteiger partial charge on any atom is -0.478 e. The molecule has 1 atom stereocenters. The minimum atomic E-state index is -1.00. The molecule has 3 aromatic carbocycles. The number of carboxylic acid groups (broad SMARTS) is 1. The highest BCUT2D eigenvalue weighted by Gasteiger charge is 2.22. The number of anilines is 1. The number of carbonyl (C=O) groups excluding carboxylic acids is 1. The van der Waals surface area contributed by atoms with Crippen LogP contribution in [0.15, 0.2) is 78.0 Å². The van der Waals surface area contributed by atoms with Crippen molar-refractivity contribution < 1.29 is 14.7 Å². The van der Waals surface area contributed by atoms with Crippen molar-refractivity contribution in [2.75, 3.05) is 5.32 Å². The highest BCUT2D eigenvalue weighted by molar-refractivity contribution is 8.00. The maximum atomic E-state index is 13.0. The van der Waals surface area contributed by atoms with Gasteiger partial charge in [0.05, 0.1) is 22.2 Å². The molecule has 0 aliphatic carbocycles. The Labute approximate surface area is 208 Å². The lowest BCUT2D eigenvalue weighted by Gasteiger charge is -2.13. The van der Waals surface area contributed by atoms with Crippen LogP contribution in [0.3, 0.4) is 0 Å². The largest absolute Gasteiger partial charge is 0.478 e. The zero-order chi connectivity index (χ0) is 24.9. The Balaban J connectivity index is 1.59. The number of nitrogens with one attached hydrogen (secondary N) is 2. The molecule has 1 unspecified atom stereocenters. The van der Waals surface area contributed by atoms with Crippen LogP contribution in [0.5, 0.6) is 0 Å². The van der Waals surface area contributed by atoms with Crippen molar-refractivity contribution in [3.63, 3.8) is 0 Å². The minimum absolute atomic E-state index is 0.161. The van der Waals surface area contributed by atoms with Crippen LogP contribution in [0.2, 0.25) is 0 Å². The molecule has 0 spiro atoms. The number of H-pyrrole nitrogens is 1. The highest BCUT2D eigenvalue weighted by atomic mass is 32.2. The van der Waals surface area contributed by atoms with Gasteiger partial charge in [-0.05, 0) is 44.5 Å². The van der Waals surface area contributed by atoms with E-state index in [4.69, 9.17) is 10.1 Å². The Hall–Kier alpha value is -3.84. The number of aromatic amines is 1. The van der Waals surface area contributed by atoms with E-state index < -0.39 is 5.97 Å². The van der Waals surface area contributed by atoms with Crippen LogP contribution < -0.4 is 5.32 Å². The molecule has 0 bridgehead atoms. The Kier molecular flexibility index (Phi) is 7.36. The molecule has 0 aliphatic rings. The topological polar surface area (TPSA) is 95.1 Å². The number of aromatic nitrogens is 2. The second-order valence-corrected chi connectivity index (χ2v) is 9.58. The first-order valence-corrected chi connectivity index (χ1v) is 12.3. The number of rotatable bonds is 8. The van der Waals surface area contributed by atoms with Gasteiger partial charge in [0, 0.05) is 16.8 Å². The van der Waals surface area contributed by atoms with Gasteiger partial charge in [0.15, 0.2) is 5.16 Å². The van der Waals surface area contributed by atoms with Crippen molar-refractivity contribution in [1.29, 1.82) is 0 Å². The Morgan fingerprint density at radius 2 is 1.49 bits per heavy atom. The van der Waals surface area contributed by atoms with Gasteiger partial charge >= 0.3 is 5.97 Å². The van der Waals surface area contributed by atoms with E-state index in [1.165, 1.54) is 35.0 Å². The summed E-state index contributed by atoms with van der Waals surface area (Å²) in [5.74, 6) is -1.16. The maximum Gasteiger partial charge on any atom is 0.335 e. The lowest BCUT2D eigenvalue weighted by atomic mass is 10.0. The third-order valence-electron chi connectivity index (χ3n) is 5.66. The van der Waals surface area contributed by atoms with E-state index >= 15 is 0 Å². The smallest absolute Gasteiger partial charge is 0.335 e. The van der Waals surface area contributed by atoms with Crippen LogP contribution in [-0.2, 0) is 4.79 Å². The lowest BCUT2D eigenvalue weighted by Crippen LogP contribution is -2.24. The molecule has 0 saturated heterocycles. The molecule has 7 heteroatoms. The van der Waals surface area contributed by atoms with Crippen molar-refractivity contribution in [3.8, 4) is 22.5 Å². The van der Waals surface area contributed by atoms with E-state index in [-0.39, 0.29) is 16.7 Å². The number of carboxylic acids is 1. The molecule has 1 heterocycles. The number of nitrogens with zero attached hydrogens (tertiary/aromatic N) is 1. The van der Waals surface area contributed by atoms with E-state index in [0.29, 0.717) is 17.3 Å². The number of carbonyl (C=O) groups is 2. The summed E-state index contributed by atoms with van der Waals surface area (Å²) in [6.07, 6.45) is 0.601. The molecule has 4 aromatic rings. The summed E-state index contributed by atoms with van der Waals surface area (Å²) >= 11 is 1.38. The van der Waals surface area contributed by atoms with E-state index in [0.717, 1.165) is 22.5 Å². The molecule has 178 valence electrons. The van der Waals surface area contributed by atoms with Gasteiger partial charge < -0.3 is 15.4 Å². The molecule has 0 fully saturated rings. The van der Waals surface area contributed by atoms with Crippen LogP contribution in [0.25, 0.3) is 22.5 Å². The third kappa shape index (κ3) is 5.81. The fraction of sp³-hybridized carbons (Fsp3) is 0.179. The first-order chi connectivity index (χ1) is 16.8. The predicted octanol–water partition coefficient (Wildman–Crippen LogP) is 6.57. The number of imidazole rings is 1.